The van der Waals surface area contributed by atoms with Crippen molar-refractivity contribution in [3.05, 3.63) is 58.9 Å². The summed E-state index contributed by atoms with van der Waals surface area (Å²) in [6.07, 6.45) is 1.74. The Hall–Kier alpha value is -3.38. The number of rotatable bonds is 4. The van der Waals surface area contributed by atoms with Crippen LogP contribution in [0.15, 0.2) is 36.4 Å². The van der Waals surface area contributed by atoms with Crippen LogP contribution in [0.25, 0.3) is 0 Å². The molecule has 2 aromatic rings. The Morgan fingerprint density at radius 2 is 2.04 bits per heavy atom. The molecule has 0 spiro atoms. The van der Waals surface area contributed by atoms with Gasteiger partial charge in [-0.25, -0.2) is 4.39 Å². The SMILES string of the molecule is CC(=O)c1ccc(C#N)c(NC2CCCN(c3ccc(C#N)cc3F)C2)c1. The minimum Gasteiger partial charge on any atom is -0.379 e. The summed E-state index contributed by atoms with van der Waals surface area (Å²) in [4.78, 5) is 13.6. The zero-order valence-corrected chi connectivity index (χ0v) is 15.0. The van der Waals surface area contributed by atoms with Gasteiger partial charge >= 0.3 is 0 Å². The van der Waals surface area contributed by atoms with Crippen LogP contribution in [0.3, 0.4) is 0 Å². The summed E-state index contributed by atoms with van der Waals surface area (Å²) in [6, 6.07) is 13.6. The fourth-order valence-corrected chi connectivity index (χ4v) is 3.35. The number of carbonyl (C=O) groups excluding carboxylic acids is 1. The first-order valence-electron chi connectivity index (χ1n) is 8.78. The Morgan fingerprint density at radius 1 is 1.22 bits per heavy atom. The fraction of sp³-hybridized carbons (Fsp3) is 0.286. The highest BCUT2D eigenvalue weighted by molar-refractivity contribution is 5.95. The number of piperidine rings is 1. The molecule has 0 bridgehead atoms. The average Bonchev–Trinajstić information content (AvgIpc) is 2.68. The standard InChI is InChI=1S/C21H19FN4O/c1-14(27)16-5-6-17(12-24)20(10-16)25-18-3-2-8-26(13-18)21-7-4-15(11-23)9-19(21)22/h4-7,9-10,18,25H,2-3,8,13H2,1H3. The second-order valence-electron chi connectivity index (χ2n) is 6.64. The molecule has 1 fully saturated rings. The van der Waals surface area contributed by atoms with Crippen LogP contribution in [-0.2, 0) is 0 Å². The van der Waals surface area contributed by atoms with Crippen LogP contribution in [0.4, 0.5) is 15.8 Å². The summed E-state index contributed by atoms with van der Waals surface area (Å²) in [5, 5.41) is 21.6. The molecule has 5 nitrogen and oxygen atoms in total. The normalized spacial score (nSPS) is 16.3. The van der Waals surface area contributed by atoms with E-state index in [1.165, 1.54) is 13.0 Å². The quantitative estimate of drug-likeness (QED) is 0.836. The van der Waals surface area contributed by atoms with Crippen molar-refractivity contribution >= 4 is 17.2 Å². The smallest absolute Gasteiger partial charge is 0.159 e. The summed E-state index contributed by atoms with van der Waals surface area (Å²) >= 11 is 0. The molecule has 3 rings (SSSR count). The van der Waals surface area contributed by atoms with E-state index in [9.17, 15) is 14.4 Å². The van der Waals surface area contributed by atoms with Gasteiger partial charge in [-0.3, -0.25) is 4.79 Å². The molecule has 0 aliphatic carbocycles. The molecule has 27 heavy (non-hydrogen) atoms. The predicted octanol–water partition coefficient (Wildman–Crippen LogP) is 3.85. The number of nitrogens with zero attached hydrogens (tertiary/aromatic N) is 3. The van der Waals surface area contributed by atoms with Crippen LogP contribution < -0.4 is 10.2 Å². The lowest BCUT2D eigenvalue weighted by molar-refractivity contribution is 0.101. The van der Waals surface area contributed by atoms with Crippen molar-refractivity contribution in [1.82, 2.24) is 0 Å². The molecule has 0 amide bonds. The average molecular weight is 362 g/mol. The monoisotopic (exact) mass is 362 g/mol. The lowest BCUT2D eigenvalue weighted by atomic mass is 10.0. The lowest BCUT2D eigenvalue weighted by Gasteiger charge is -2.35. The second kappa shape index (κ2) is 7.88. The van der Waals surface area contributed by atoms with Gasteiger partial charge in [0.25, 0.3) is 0 Å². The summed E-state index contributed by atoms with van der Waals surface area (Å²) in [7, 11) is 0. The van der Waals surface area contributed by atoms with E-state index in [1.807, 2.05) is 11.0 Å². The number of anilines is 2. The summed E-state index contributed by atoms with van der Waals surface area (Å²) in [5.41, 5.74) is 2.41. The van der Waals surface area contributed by atoms with Gasteiger partial charge in [-0.15, -0.1) is 0 Å². The van der Waals surface area contributed by atoms with Crippen LogP contribution in [0.1, 0.15) is 41.3 Å². The van der Waals surface area contributed by atoms with E-state index >= 15 is 0 Å². The van der Waals surface area contributed by atoms with Gasteiger partial charge in [0.15, 0.2) is 5.78 Å². The van der Waals surface area contributed by atoms with Gasteiger partial charge in [-0.1, -0.05) is 0 Å². The molecule has 1 N–H and O–H groups in total. The second-order valence-corrected chi connectivity index (χ2v) is 6.64. The maximum Gasteiger partial charge on any atom is 0.159 e. The third-order valence-electron chi connectivity index (χ3n) is 4.75. The van der Waals surface area contributed by atoms with Gasteiger partial charge in [0.2, 0.25) is 0 Å². The van der Waals surface area contributed by atoms with Gasteiger partial charge in [-0.05, 0) is 56.2 Å². The van der Waals surface area contributed by atoms with Crippen molar-refractivity contribution in [3.63, 3.8) is 0 Å². The molecule has 0 aromatic heterocycles. The van der Waals surface area contributed by atoms with Crippen LogP contribution in [0.2, 0.25) is 0 Å². The number of ketones is 1. The molecule has 0 saturated carbocycles. The van der Waals surface area contributed by atoms with Gasteiger partial charge in [0.05, 0.1) is 28.6 Å². The van der Waals surface area contributed by atoms with E-state index < -0.39 is 5.82 Å². The molecule has 1 aliphatic rings. The summed E-state index contributed by atoms with van der Waals surface area (Å²) < 4.78 is 14.3. The number of Topliss-reactive ketones (excluding diaryl/α,β-unsaturated/α-hetero) is 1. The summed E-state index contributed by atoms with van der Waals surface area (Å²) in [5.74, 6) is -0.474. The number of carbonyl (C=O) groups is 1. The molecular weight excluding hydrogens is 343 g/mol. The molecule has 1 unspecified atom stereocenters. The summed E-state index contributed by atoms with van der Waals surface area (Å²) in [6.45, 7) is 2.78. The lowest BCUT2D eigenvalue weighted by Crippen LogP contribution is -2.42. The first kappa shape index (κ1) is 18.4. The van der Waals surface area contributed by atoms with Crippen LogP contribution in [0, 0.1) is 28.5 Å². The molecule has 1 saturated heterocycles. The third kappa shape index (κ3) is 4.07. The number of nitriles is 2. The minimum absolute atomic E-state index is 0.0168. The number of hydrogen-bond donors (Lipinski definition) is 1. The molecule has 2 aromatic carbocycles. The molecule has 1 atom stereocenters. The molecule has 1 heterocycles. The first-order valence-corrected chi connectivity index (χ1v) is 8.78. The first-order chi connectivity index (χ1) is 13.0. The van der Waals surface area contributed by atoms with E-state index in [0.717, 1.165) is 19.4 Å². The highest BCUT2D eigenvalue weighted by Gasteiger charge is 2.23. The highest BCUT2D eigenvalue weighted by atomic mass is 19.1. The van der Waals surface area contributed by atoms with Crippen molar-refractivity contribution < 1.29 is 9.18 Å². The van der Waals surface area contributed by atoms with E-state index in [4.69, 9.17) is 5.26 Å². The molecule has 136 valence electrons. The Morgan fingerprint density at radius 3 is 2.70 bits per heavy atom. The highest BCUT2D eigenvalue weighted by Crippen LogP contribution is 2.26. The topological polar surface area (TPSA) is 79.9 Å². The van der Waals surface area contributed by atoms with Crippen LogP contribution in [0.5, 0.6) is 0 Å². The molecule has 6 heteroatoms. The van der Waals surface area contributed by atoms with E-state index in [2.05, 4.69) is 11.4 Å². The van der Waals surface area contributed by atoms with E-state index in [1.54, 1.807) is 30.3 Å². The molecule has 1 aliphatic heterocycles. The van der Waals surface area contributed by atoms with Crippen LogP contribution >= 0.6 is 0 Å². The largest absolute Gasteiger partial charge is 0.379 e. The Balaban J connectivity index is 1.80. The van der Waals surface area contributed by atoms with Crippen LogP contribution in [-0.4, -0.2) is 24.9 Å². The van der Waals surface area contributed by atoms with E-state index in [0.29, 0.717) is 34.6 Å². The zero-order chi connectivity index (χ0) is 19.4. The van der Waals surface area contributed by atoms with Crippen molar-refractivity contribution in [2.45, 2.75) is 25.8 Å². The molecule has 0 radical (unpaired) electrons. The maximum atomic E-state index is 14.3. The predicted molar refractivity (Wildman–Crippen MR) is 101 cm³/mol. The third-order valence-corrected chi connectivity index (χ3v) is 4.75. The van der Waals surface area contributed by atoms with Gasteiger partial charge in [-0.2, -0.15) is 10.5 Å². The van der Waals surface area contributed by atoms with Crippen molar-refractivity contribution in [1.29, 1.82) is 10.5 Å². The van der Waals surface area contributed by atoms with Gasteiger partial charge in [0, 0.05) is 24.7 Å². The number of benzene rings is 2. The van der Waals surface area contributed by atoms with E-state index in [-0.39, 0.29) is 11.8 Å². The Kier molecular flexibility index (Phi) is 5.38. The molecular formula is C21H19FN4O. The van der Waals surface area contributed by atoms with Gasteiger partial charge in [0.1, 0.15) is 11.9 Å². The van der Waals surface area contributed by atoms with Gasteiger partial charge < -0.3 is 10.2 Å². The minimum atomic E-state index is -0.411. The van der Waals surface area contributed by atoms with Crippen molar-refractivity contribution in [2.75, 3.05) is 23.3 Å². The number of hydrogen-bond acceptors (Lipinski definition) is 5. The van der Waals surface area contributed by atoms with Crippen molar-refractivity contribution in [3.8, 4) is 12.1 Å². The number of halogens is 1. The van der Waals surface area contributed by atoms with Crippen molar-refractivity contribution in [2.24, 2.45) is 0 Å². The maximum absolute atomic E-state index is 14.3. The zero-order valence-electron chi connectivity index (χ0n) is 15.0. The number of nitrogens with one attached hydrogen (secondary N) is 1. The fourth-order valence-electron chi connectivity index (χ4n) is 3.35. The Bertz CT molecular complexity index is 958. The Labute approximate surface area is 157 Å².